The van der Waals surface area contributed by atoms with Gasteiger partial charge in [0.2, 0.25) is 0 Å². The lowest BCUT2D eigenvalue weighted by atomic mass is 9.82. The maximum absolute atomic E-state index is 5.59. The molecule has 2 heterocycles. The molecular weight excluding hydrogens is 234 g/mol. The lowest BCUT2D eigenvalue weighted by Crippen LogP contribution is -2.37. The average molecular weight is 255 g/mol. The van der Waals surface area contributed by atoms with E-state index in [0.717, 1.165) is 51.3 Å². The van der Waals surface area contributed by atoms with Crippen molar-refractivity contribution < 1.29 is 4.74 Å². The van der Waals surface area contributed by atoms with E-state index >= 15 is 0 Å². The number of nitrogens with one attached hydrogen (secondary N) is 1. The molecule has 0 bridgehead atoms. The van der Waals surface area contributed by atoms with E-state index in [2.05, 4.69) is 17.2 Å². The van der Waals surface area contributed by atoms with Gasteiger partial charge in [-0.2, -0.15) is 0 Å². The van der Waals surface area contributed by atoms with E-state index in [-0.39, 0.29) is 0 Å². The number of aromatic nitrogens is 1. The summed E-state index contributed by atoms with van der Waals surface area (Å²) in [7, 11) is 0. The third-order valence-electron chi connectivity index (χ3n) is 3.38. The first kappa shape index (κ1) is 12.8. The van der Waals surface area contributed by atoms with Gasteiger partial charge in [-0.1, -0.05) is 6.92 Å². The van der Waals surface area contributed by atoms with Crippen molar-refractivity contribution in [3.05, 3.63) is 11.1 Å². The number of ether oxygens (including phenoxy) is 1. The quantitative estimate of drug-likeness (QED) is 0.786. The summed E-state index contributed by atoms with van der Waals surface area (Å²) >= 11 is 1.51. The van der Waals surface area contributed by atoms with Crippen molar-refractivity contribution in [1.82, 2.24) is 10.3 Å². The van der Waals surface area contributed by atoms with Gasteiger partial charge < -0.3 is 15.8 Å². The number of hydrogen-bond donors (Lipinski definition) is 2. The van der Waals surface area contributed by atoms with E-state index in [0.29, 0.717) is 10.5 Å². The summed E-state index contributed by atoms with van der Waals surface area (Å²) in [6.45, 7) is 6.18. The number of thiazole rings is 1. The number of nitrogen functional groups attached to an aromatic ring is 1. The van der Waals surface area contributed by atoms with Crippen molar-refractivity contribution in [2.24, 2.45) is 5.41 Å². The van der Waals surface area contributed by atoms with Gasteiger partial charge in [0.1, 0.15) is 0 Å². The Morgan fingerprint density at radius 3 is 2.94 bits per heavy atom. The topological polar surface area (TPSA) is 60.2 Å². The van der Waals surface area contributed by atoms with Crippen LogP contribution in [-0.4, -0.2) is 31.3 Å². The number of hydrogen-bond acceptors (Lipinski definition) is 5. The minimum Gasteiger partial charge on any atom is -0.381 e. The number of rotatable bonds is 5. The third kappa shape index (κ3) is 3.94. The van der Waals surface area contributed by atoms with Gasteiger partial charge in [-0.05, 0) is 18.3 Å². The van der Waals surface area contributed by atoms with Gasteiger partial charge in [-0.15, -0.1) is 11.3 Å². The van der Waals surface area contributed by atoms with Gasteiger partial charge in [-0.25, -0.2) is 4.98 Å². The summed E-state index contributed by atoms with van der Waals surface area (Å²) < 4.78 is 5.39. The molecular formula is C12H21N3OS. The monoisotopic (exact) mass is 255 g/mol. The number of anilines is 1. The molecule has 1 saturated heterocycles. The molecule has 0 radical (unpaired) electrons. The van der Waals surface area contributed by atoms with Gasteiger partial charge in [0, 0.05) is 38.1 Å². The van der Waals surface area contributed by atoms with Gasteiger partial charge in [0.25, 0.3) is 0 Å². The largest absolute Gasteiger partial charge is 0.381 e. The molecule has 5 heteroatoms. The summed E-state index contributed by atoms with van der Waals surface area (Å²) in [5, 5.41) is 6.22. The first-order valence-corrected chi connectivity index (χ1v) is 7.04. The first-order chi connectivity index (χ1) is 8.18. The molecule has 96 valence electrons. The van der Waals surface area contributed by atoms with Crippen LogP contribution in [0.15, 0.2) is 5.38 Å². The minimum atomic E-state index is 0.402. The Morgan fingerprint density at radius 2 is 2.29 bits per heavy atom. The van der Waals surface area contributed by atoms with E-state index in [9.17, 15) is 0 Å². The fraction of sp³-hybridized carbons (Fsp3) is 0.750. The lowest BCUT2D eigenvalue weighted by molar-refractivity contribution is 0.0242. The molecule has 0 aromatic carbocycles. The maximum Gasteiger partial charge on any atom is 0.180 e. The zero-order chi connectivity index (χ0) is 12.1. The molecule has 0 unspecified atom stereocenters. The maximum atomic E-state index is 5.59. The SMILES string of the molecule is CC1(CNCCc2csc(N)n2)CCOCC1. The van der Waals surface area contributed by atoms with E-state index < -0.39 is 0 Å². The molecule has 0 aliphatic carbocycles. The predicted molar refractivity (Wildman–Crippen MR) is 71.3 cm³/mol. The van der Waals surface area contributed by atoms with Crippen molar-refractivity contribution >= 4 is 16.5 Å². The first-order valence-electron chi connectivity index (χ1n) is 6.16. The van der Waals surface area contributed by atoms with Gasteiger partial charge in [0.15, 0.2) is 5.13 Å². The summed E-state index contributed by atoms with van der Waals surface area (Å²) in [5.74, 6) is 0. The highest BCUT2D eigenvalue weighted by molar-refractivity contribution is 7.13. The second kappa shape index (κ2) is 5.80. The predicted octanol–water partition coefficient (Wildman–Crippen LogP) is 1.67. The van der Waals surface area contributed by atoms with E-state index in [4.69, 9.17) is 10.5 Å². The van der Waals surface area contributed by atoms with Gasteiger partial charge in [-0.3, -0.25) is 0 Å². The van der Waals surface area contributed by atoms with Crippen LogP contribution in [0.25, 0.3) is 0 Å². The summed E-state index contributed by atoms with van der Waals surface area (Å²) in [5.41, 5.74) is 7.09. The highest BCUT2D eigenvalue weighted by atomic mass is 32.1. The molecule has 4 nitrogen and oxygen atoms in total. The molecule has 2 rings (SSSR count). The molecule has 0 spiro atoms. The second-order valence-electron chi connectivity index (χ2n) is 5.03. The minimum absolute atomic E-state index is 0.402. The van der Waals surface area contributed by atoms with E-state index in [1.165, 1.54) is 11.3 Å². The van der Waals surface area contributed by atoms with Crippen LogP contribution in [0, 0.1) is 5.41 Å². The highest BCUT2D eigenvalue weighted by Crippen LogP contribution is 2.28. The Morgan fingerprint density at radius 1 is 1.53 bits per heavy atom. The molecule has 3 N–H and O–H groups in total. The summed E-state index contributed by atoms with van der Waals surface area (Å²) in [4.78, 5) is 4.25. The van der Waals surface area contributed by atoms with Crippen LogP contribution in [0.3, 0.4) is 0 Å². The summed E-state index contributed by atoms with van der Waals surface area (Å²) in [6.07, 6.45) is 3.27. The van der Waals surface area contributed by atoms with Crippen molar-refractivity contribution in [2.45, 2.75) is 26.2 Å². The molecule has 1 aromatic rings. The van der Waals surface area contributed by atoms with Crippen LogP contribution < -0.4 is 11.1 Å². The van der Waals surface area contributed by atoms with Crippen molar-refractivity contribution in [3.8, 4) is 0 Å². The van der Waals surface area contributed by atoms with E-state index in [1.807, 2.05) is 5.38 Å². The van der Waals surface area contributed by atoms with Crippen molar-refractivity contribution in [1.29, 1.82) is 0 Å². The van der Waals surface area contributed by atoms with Crippen LogP contribution in [0.1, 0.15) is 25.5 Å². The molecule has 0 saturated carbocycles. The van der Waals surface area contributed by atoms with Crippen LogP contribution in [0.5, 0.6) is 0 Å². The molecule has 0 amide bonds. The molecule has 1 aromatic heterocycles. The Balaban J connectivity index is 1.65. The number of nitrogens with two attached hydrogens (primary N) is 1. The molecule has 1 aliphatic rings. The Kier molecular flexibility index (Phi) is 4.36. The van der Waals surface area contributed by atoms with E-state index in [1.54, 1.807) is 0 Å². The lowest BCUT2D eigenvalue weighted by Gasteiger charge is -2.33. The van der Waals surface area contributed by atoms with Crippen LogP contribution in [0.2, 0.25) is 0 Å². The Bertz CT molecular complexity index is 347. The fourth-order valence-electron chi connectivity index (χ4n) is 2.09. The standard InChI is InChI=1S/C12H21N3OS/c1-12(3-6-16-7-4-12)9-14-5-2-10-8-17-11(13)15-10/h8,14H,2-7,9H2,1H3,(H2,13,15). The summed E-state index contributed by atoms with van der Waals surface area (Å²) in [6, 6.07) is 0. The zero-order valence-corrected chi connectivity index (χ0v) is 11.2. The fourth-order valence-corrected chi connectivity index (χ4v) is 2.68. The van der Waals surface area contributed by atoms with Crippen LogP contribution in [0.4, 0.5) is 5.13 Å². The molecule has 0 atom stereocenters. The average Bonchev–Trinajstić information content (AvgIpc) is 2.72. The molecule has 17 heavy (non-hydrogen) atoms. The Labute approximate surface area is 107 Å². The van der Waals surface area contributed by atoms with Crippen LogP contribution >= 0.6 is 11.3 Å². The van der Waals surface area contributed by atoms with Gasteiger partial charge >= 0.3 is 0 Å². The van der Waals surface area contributed by atoms with Crippen molar-refractivity contribution in [2.75, 3.05) is 32.0 Å². The highest BCUT2D eigenvalue weighted by Gasteiger charge is 2.26. The zero-order valence-electron chi connectivity index (χ0n) is 10.4. The third-order valence-corrected chi connectivity index (χ3v) is 4.10. The second-order valence-corrected chi connectivity index (χ2v) is 5.92. The number of nitrogens with zero attached hydrogens (tertiary/aromatic N) is 1. The van der Waals surface area contributed by atoms with Gasteiger partial charge in [0.05, 0.1) is 5.69 Å². The van der Waals surface area contributed by atoms with Crippen molar-refractivity contribution in [3.63, 3.8) is 0 Å². The normalized spacial score (nSPS) is 19.4. The smallest absolute Gasteiger partial charge is 0.180 e. The Hall–Kier alpha value is -0.650. The van der Waals surface area contributed by atoms with Crippen LogP contribution in [-0.2, 0) is 11.2 Å². The molecule has 1 aliphatic heterocycles. The molecule has 1 fully saturated rings.